The van der Waals surface area contributed by atoms with Gasteiger partial charge in [-0.2, -0.15) is 0 Å². The van der Waals surface area contributed by atoms with E-state index in [1.54, 1.807) is 0 Å². The standard InChI is InChI=1S/C19H30N4/c1-14-5-4-10-23(13-14)15(2)12-21-19(20)22-18-9-8-16-6-3-7-17(16)11-18/h8-9,11,14-15H,3-7,10,12-13H2,1-2H3,(H3,20,21,22). The average molecular weight is 314 g/mol. The van der Waals surface area contributed by atoms with Crippen LogP contribution in [0.3, 0.4) is 0 Å². The maximum absolute atomic E-state index is 6.08. The molecule has 126 valence electrons. The van der Waals surface area contributed by atoms with Gasteiger partial charge in [0.25, 0.3) is 0 Å². The number of aryl methyl sites for hydroxylation is 2. The predicted molar refractivity (Wildman–Crippen MR) is 98.0 cm³/mol. The predicted octanol–water partition coefficient (Wildman–Crippen LogP) is 3.02. The van der Waals surface area contributed by atoms with E-state index in [9.17, 15) is 0 Å². The largest absolute Gasteiger partial charge is 0.370 e. The van der Waals surface area contributed by atoms with Crippen molar-refractivity contribution < 1.29 is 0 Å². The van der Waals surface area contributed by atoms with Crippen LogP contribution in [0.5, 0.6) is 0 Å². The minimum Gasteiger partial charge on any atom is -0.370 e. The van der Waals surface area contributed by atoms with Crippen molar-refractivity contribution in [3.8, 4) is 0 Å². The Balaban J connectivity index is 1.53. The van der Waals surface area contributed by atoms with Crippen molar-refractivity contribution in [3.63, 3.8) is 0 Å². The zero-order valence-electron chi connectivity index (χ0n) is 14.5. The van der Waals surface area contributed by atoms with Gasteiger partial charge in [-0.1, -0.05) is 13.0 Å². The smallest absolute Gasteiger partial charge is 0.193 e. The van der Waals surface area contributed by atoms with E-state index in [1.807, 2.05) is 0 Å². The van der Waals surface area contributed by atoms with E-state index in [-0.39, 0.29) is 0 Å². The van der Waals surface area contributed by atoms with Gasteiger partial charge in [-0.05, 0) is 74.8 Å². The number of hydrogen-bond acceptors (Lipinski definition) is 2. The molecule has 4 heteroatoms. The Bertz CT molecular complexity index is 566. The minimum absolute atomic E-state index is 0.457. The Labute approximate surface area is 140 Å². The number of anilines is 1. The Morgan fingerprint density at radius 1 is 1.35 bits per heavy atom. The number of rotatable bonds is 4. The van der Waals surface area contributed by atoms with Crippen molar-refractivity contribution in [2.45, 2.75) is 52.0 Å². The molecule has 1 fully saturated rings. The first-order valence-corrected chi connectivity index (χ1v) is 9.04. The van der Waals surface area contributed by atoms with Gasteiger partial charge in [0.2, 0.25) is 0 Å². The van der Waals surface area contributed by atoms with E-state index in [0.717, 1.165) is 18.2 Å². The first-order chi connectivity index (χ1) is 11.1. The molecule has 0 aromatic heterocycles. The summed E-state index contributed by atoms with van der Waals surface area (Å²) in [6.07, 6.45) is 6.33. The first kappa shape index (κ1) is 16.3. The molecule has 1 saturated heterocycles. The topological polar surface area (TPSA) is 53.6 Å². The van der Waals surface area contributed by atoms with Crippen molar-refractivity contribution in [2.24, 2.45) is 16.6 Å². The molecule has 0 radical (unpaired) electrons. The highest BCUT2D eigenvalue weighted by molar-refractivity contribution is 5.92. The number of benzene rings is 1. The van der Waals surface area contributed by atoms with Crippen molar-refractivity contribution in [1.29, 1.82) is 0 Å². The van der Waals surface area contributed by atoms with Crippen molar-refractivity contribution in [1.82, 2.24) is 4.90 Å². The second kappa shape index (κ2) is 7.35. The summed E-state index contributed by atoms with van der Waals surface area (Å²) in [6, 6.07) is 7.01. The molecule has 2 atom stereocenters. The lowest BCUT2D eigenvalue weighted by Gasteiger charge is -2.34. The van der Waals surface area contributed by atoms with E-state index in [2.05, 4.69) is 47.3 Å². The molecule has 3 N–H and O–H groups in total. The highest BCUT2D eigenvalue weighted by atomic mass is 15.2. The van der Waals surface area contributed by atoms with Gasteiger partial charge in [-0.25, -0.2) is 0 Å². The molecule has 1 aromatic carbocycles. The summed E-state index contributed by atoms with van der Waals surface area (Å²) in [7, 11) is 0. The van der Waals surface area contributed by atoms with Crippen molar-refractivity contribution >= 4 is 11.6 Å². The van der Waals surface area contributed by atoms with Gasteiger partial charge < -0.3 is 11.1 Å². The molecule has 0 bridgehead atoms. The lowest BCUT2D eigenvalue weighted by atomic mass is 9.99. The van der Waals surface area contributed by atoms with Crippen LogP contribution >= 0.6 is 0 Å². The van der Waals surface area contributed by atoms with Gasteiger partial charge in [-0.15, -0.1) is 0 Å². The molecular weight excluding hydrogens is 284 g/mol. The summed E-state index contributed by atoms with van der Waals surface area (Å²) in [5.41, 5.74) is 10.1. The van der Waals surface area contributed by atoms with Gasteiger partial charge in [0.05, 0.1) is 6.54 Å². The number of nitrogens with one attached hydrogen (secondary N) is 1. The molecule has 0 spiro atoms. The Morgan fingerprint density at radius 2 is 2.17 bits per heavy atom. The van der Waals surface area contributed by atoms with Crippen LogP contribution in [0.4, 0.5) is 5.69 Å². The van der Waals surface area contributed by atoms with E-state index >= 15 is 0 Å². The summed E-state index contributed by atoms with van der Waals surface area (Å²) in [4.78, 5) is 7.10. The van der Waals surface area contributed by atoms with Crippen LogP contribution < -0.4 is 11.1 Å². The quantitative estimate of drug-likeness (QED) is 0.663. The third kappa shape index (κ3) is 4.25. The number of nitrogens with zero attached hydrogens (tertiary/aromatic N) is 2. The molecule has 23 heavy (non-hydrogen) atoms. The number of guanidine groups is 1. The number of fused-ring (bicyclic) bond motifs is 1. The van der Waals surface area contributed by atoms with Crippen LogP contribution in [0.15, 0.2) is 23.2 Å². The maximum Gasteiger partial charge on any atom is 0.193 e. The van der Waals surface area contributed by atoms with Gasteiger partial charge in [-0.3, -0.25) is 9.89 Å². The van der Waals surface area contributed by atoms with Crippen LogP contribution in [0.2, 0.25) is 0 Å². The Hall–Kier alpha value is -1.55. The Morgan fingerprint density at radius 3 is 3.00 bits per heavy atom. The second-order valence-corrected chi connectivity index (χ2v) is 7.28. The lowest BCUT2D eigenvalue weighted by Crippen LogP contribution is -2.42. The molecule has 2 aliphatic rings. The number of hydrogen-bond donors (Lipinski definition) is 2. The third-order valence-corrected chi connectivity index (χ3v) is 5.21. The van der Waals surface area contributed by atoms with E-state index in [1.165, 1.54) is 56.3 Å². The summed E-state index contributed by atoms with van der Waals surface area (Å²) < 4.78 is 0. The number of piperidine rings is 1. The fourth-order valence-electron chi connectivity index (χ4n) is 3.81. The normalized spacial score (nSPS) is 23.6. The Kier molecular flexibility index (Phi) is 5.21. The lowest BCUT2D eigenvalue weighted by molar-refractivity contribution is 0.142. The van der Waals surface area contributed by atoms with Gasteiger partial charge in [0.15, 0.2) is 5.96 Å². The average Bonchev–Trinajstić information content (AvgIpc) is 3.00. The SMILES string of the molecule is CC1CCCN(C(C)CN=C(N)Nc2ccc3c(c2)CCC3)C1. The van der Waals surface area contributed by atoms with Gasteiger partial charge in [0, 0.05) is 18.3 Å². The molecule has 4 nitrogen and oxygen atoms in total. The zero-order chi connectivity index (χ0) is 16.2. The zero-order valence-corrected chi connectivity index (χ0v) is 14.5. The van der Waals surface area contributed by atoms with Crippen LogP contribution in [-0.2, 0) is 12.8 Å². The molecule has 1 aliphatic carbocycles. The molecule has 2 unspecified atom stereocenters. The third-order valence-electron chi connectivity index (χ3n) is 5.21. The first-order valence-electron chi connectivity index (χ1n) is 9.04. The van der Waals surface area contributed by atoms with Crippen LogP contribution in [0, 0.1) is 5.92 Å². The molecule has 0 amide bonds. The van der Waals surface area contributed by atoms with Crippen LogP contribution in [0.25, 0.3) is 0 Å². The molecular formula is C19H30N4. The fourth-order valence-corrected chi connectivity index (χ4v) is 3.81. The molecule has 1 heterocycles. The van der Waals surface area contributed by atoms with Gasteiger partial charge >= 0.3 is 0 Å². The maximum atomic E-state index is 6.08. The van der Waals surface area contributed by atoms with Gasteiger partial charge in [0.1, 0.15) is 0 Å². The van der Waals surface area contributed by atoms with E-state index in [4.69, 9.17) is 5.73 Å². The molecule has 1 aliphatic heterocycles. The summed E-state index contributed by atoms with van der Waals surface area (Å²) in [5.74, 6) is 1.33. The van der Waals surface area contributed by atoms with Crippen molar-refractivity contribution in [2.75, 3.05) is 25.0 Å². The van der Waals surface area contributed by atoms with Crippen molar-refractivity contribution in [3.05, 3.63) is 29.3 Å². The number of aliphatic imine (C=N–C) groups is 1. The number of nitrogens with two attached hydrogens (primary N) is 1. The summed E-state index contributed by atoms with van der Waals surface area (Å²) in [5, 5.41) is 3.25. The number of likely N-dealkylation sites (tertiary alicyclic amines) is 1. The van der Waals surface area contributed by atoms with E-state index < -0.39 is 0 Å². The second-order valence-electron chi connectivity index (χ2n) is 7.28. The monoisotopic (exact) mass is 314 g/mol. The summed E-state index contributed by atoms with van der Waals surface area (Å²) in [6.45, 7) is 7.74. The summed E-state index contributed by atoms with van der Waals surface area (Å²) >= 11 is 0. The minimum atomic E-state index is 0.457. The fraction of sp³-hybridized carbons (Fsp3) is 0.632. The molecule has 3 rings (SSSR count). The highest BCUT2D eigenvalue weighted by Gasteiger charge is 2.20. The van der Waals surface area contributed by atoms with Crippen LogP contribution in [0.1, 0.15) is 44.2 Å². The molecule has 1 aromatic rings. The highest BCUT2D eigenvalue weighted by Crippen LogP contribution is 2.24. The van der Waals surface area contributed by atoms with Crippen LogP contribution in [-0.4, -0.2) is 36.5 Å². The molecule has 0 saturated carbocycles. The van der Waals surface area contributed by atoms with E-state index in [0.29, 0.717) is 12.0 Å².